The zero-order valence-electron chi connectivity index (χ0n) is 11.3. The molecule has 1 heterocycles. The first kappa shape index (κ1) is 13.6. The molecule has 1 aromatic carbocycles. The number of aromatic carboxylic acids is 1. The van der Waals surface area contributed by atoms with E-state index in [1.807, 2.05) is 4.90 Å². The van der Waals surface area contributed by atoms with Crippen molar-refractivity contribution in [2.75, 3.05) is 13.1 Å². The Kier molecular flexibility index (Phi) is 3.88. The SMILES string of the molecule is CC1CCN(C(=O)c2ccc(C(=O)O)cc2)CC1C. The van der Waals surface area contributed by atoms with Gasteiger partial charge in [0.05, 0.1) is 5.56 Å². The Hall–Kier alpha value is -1.84. The number of carbonyl (C=O) groups excluding carboxylic acids is 1. The number of piperidine rings is 1. The number of benzene rings is 1. The van der Waals surface area contributed by atoms with Gasteiger partial charge in [0.1, 0.15) is 0 Å². The monoisotopic (exact) mass is 261 g/mol. The first-order valence-electron chi connectivity index (χ1n) is 6.61. The Balaban J connectivity index is 2.09. The van der Waals surface area contributed by atoms with Crippen LogP contribution in [-0.2, 0) is 0 Å². The van der Waals surface area contributed by atoms with Crippen molar-refractivity contribution in [3.63, 3.8) is 0 Å². The Bertz CT molecular complexity index is 481. The Morgan fingerprint density at radius 3 is 2.21 bits per heavy atom. The number of carboxylic acid groups (broad SMARTS) is 1. The fraction of sp³-hybridized carbons (Fsp3) is 0.467. The number of likely N-dealkylation sites (tertiary alicyclic amines) is 1. The Labute approximate surface area is 113 Å². The second-order valence-corrected chi connectivity index (χ2v) is 5.38. The van der Waals surface area contributed by atoms with Crippen molar-refractivity contribution in [2.24, 2.45) is 11.8 Å². The van der Waals surface area contributed by atoms with E-state index < -0.39 is 5.97 Å². The molecule has 2 unspecified atom stereocenters. The zero-order chi connectivity index (χ0) is 14.0. The van der Waals surface area contributed by atoms with Crippen LogP contribution in [0.3, 0.4) is 0 Å². The van der Waals surface area contributed by atoms with Gasteiger partial charge in [-0.05, 0) is 42.5 Å². The molecule has 1 amide bonds. The largest absolute Gasteiger partial charge is 0.478 e. The van der Waals surface area contributed by atoms with E-state index in [2.05, 4.69) is 13.8 Å². The summed E-state index contributed by atoms with van der Waals surface area (Å²) in [6.45, 7) is 5.94. The van der Waals surface area contributed by atoms with Gasteiger partial charge in [0.25, 0.3) is 5.91 Å². The van der Waals surface area contributed by atoms with Crippen LogP contribution in [0.25, 0.3) is 0 Å². The molecular weight excluding hydrogens is 242 g/mol. The van der Waals surface area contributed by atoms with Crippen molar-refractivity contribution in [3.8, 4) is 0 Å². The van der Waals surface area contributed by atoms with Crippen molar-refractivity contribution in [3.05, 3.63) is 35.4 Å². The van der Waals surface area contributed by atoms with Crippen LogP contribution in [0.2, 0.25) is 0 Å². The maximum absolute atomic E-state index is 12.3. The maximum Gasteiger partial charge on any atom is 0.335 e. The van der Waals surface area contributed by atoms with Gasteiger partial charge >= 0.3 is 5.97 Å². The number of carboxylic acids is 1. The summed E-state index contributed by atoms with van der Waals surface area (Å²) in [7, 11) is 0. The van der Waals surface area contributed by atoms with Crippen LogP contribution in [0.5, 0.6) is 0 Å². The summed E-state index contributed by atoms with van der Waals surface area (Å²) < 4.78 is 0. The molecule has 1 aliphatic heterocycles. The second-order valence-electron chi connectivity index (χ2n) is 5.38. The van der Waals surface area contributed by atoms with E-state index in [0.29, 0.717) is 17.4 Å². The highest BCUT2D eigenvalue weighted by Gasteiger charge is 2.26. The quantitative estimate of drug-likeness (QED) is 0.889. The molecule has 2 rings (SSSR count). The summed E-state index contributed by atoms with van der Waals surface area (Å²) in [5.41, 5.74) is 0.768. The molecule has 0 spiro atoms. The molecule has 0 aromatic heterocycles. The summed E-state index contributed by atoms with van der Waals surface area (Å²) in [6.07, 6.45) is 1.03. The van der Waals surface area contributed by atoms with E-state index in [1.165, 1.54) is 12.1 Å². The average Bonchev–Trinajstić information content (AvgIpc) is 2.41. The molecule has 102 valence electrons. The molecular formula is C15H19NO3. The van der Waals surface area contributed by atoms with Crippen molar-refractivity contribution in [1.82, 2.24) is 4.90 Å². The van der Waals surface area contributed by atoms with Gasteiger partial charge < -0.3 is 10.0 Å². The lowest BCUT2D eigenvalue weighted by atomic mass is 9.88. The van der Waals surface area contributed by atoms with Crippen LogP contribution in [-0.4, -0.2) is 35.0 Å². The molecule has 1 N–H and O–H groups in total. The highest BCUT2D eigenvalue weighted by Crippen LogP contribution is 2.23. The normalized spacial score (nSPS) is 23.2. The summed E-state index contributed by atoms with van der Waals surface area (Å²) in [4.78, 5) is 24.9. The molecule has 1 aliphatic rings. The van der Waals surface area contributed by atoms with E-state index in [-0.39, 0.29) is 11.5 Å². The predicted octanol–water partition coefficient (Wildman–Crippen LogP) is 2.50. The third-order valence-electron chi connectivity index (χ3n) is 4.00. The highest BCUT2D eigenvalue weighted by atomic mass is 16.4. The number of hydrogen-bond donors (Lipinski definition) is 1. The smallest absolute Gasteiger partial charge is 0.335 e. The van der Waals surface area contributed by atoms with Crippen molar-refractivity contribution < 1.29 is 14.7 Å². The number of hydrogen-bond acceptors (Lipinski definition) is 2. The summed E-state index contributed by atoms with van der Waals surface area (Å²) in [6, 6.07) is 6.14. The first-order chi connectivity index (χ1) is 8.99. The lowest BCUT2D eigenvalue weighted by Crippen LogP contribution is -2.42. The van der Waals surface area contributed by atoms with Gasteiger partial charge in [-0.1, -0.05) is 13.8 Å². The summed E-state index contributed by atoms with van der Waals surface area (Å²) >= 11 is 0. The van der Waals surface area contributed by atoms with Crippen molar-refractivity contribution in [2.45, 2.75) is 20.3 Å². The molecule has 0 saturated carbocycles. The Morgan fingerprint density at radius 2 is 1.68 bits per heavy atom. The van der Waals surface area contributed by atoms with Gasteiger partial charge in [-0.15, -0.1) is 0 Å². The molecule has 1 fully saturated rings. The predicted molar refractivity (Wildman–Crippen MR) is 72.2 cm³/mol. The number of rotatable bonds is 2. The fourth-order valence-electron chi connectivity index (χ4n) is 2.39. The average molecular weight is 261 g/mol. The number of nitrogens with zero attached hydrogens (tertiary/aromatic N) is 1. The molecule has 0 bridgehead atoms. The van der Waals surface area contributed by atoms with Gasteiger partial charge in [0.15, 0.2) is 0 Å². The van der Waals surface area contributed by atoms with Crippen molar-refractivity contribution >= 4 is 11.9 Å². The minimum Gasteiger partial charge on any atom is -0.478 e. The first-order valence-corrected chi connectivity index (χ1v) is 6.61. The number of carbonyl (C=O) groups is 2. The van der Waals surface area contributed by atoms with Crippen LogP contribution < -0.4 is 0 Å². The van der Waals surface area contributed by atoms with E-state index in [1.54, 1.807) is 12.1 Å². The molecule has 4 nitrogen and oxygen atoms in total. The maximum atomic E-state index is 12.3. The molecule has 4 heteroatoms. The molecule has 2 atom stereocenters. The van der Waals surface area contributed by atoms with Gasteiger partial charge in [-0.3, -0.25) is 4.79 Å². The van der Waals surface area contributed by atoms with Crippen LogP contribution in [0.4, 0.5) is 0 Å². The third-order valence-corrected chi connectivity index (χ3v) is 4.00. The highest BCUT2D eigenvalue weighted by molar-refractivity contribution is 5.95. The van der Waals surface area contributed by atoms with Crippen molar-refractivity contribution in [1.29, 1.82) is 0 Å². The van der Waals surface area contributed by atoms with E-state index in [9.17, 15) is 9.59 Å². The van der Waals surface area contributed by atoms with Gasteiger partial charge in [-0.25, -0.2) is 4.79 Å². The van der Waals surface area contributed by atoms with Gasteiger partial charge in [0.2, 0.25) is 0 Å². The molecule has 1 saturated heterocycles. The molecule has 19 heavy (non-hydrogen) atoms. The number of amides is 1. The standard InChI is InChI=1S/C15H19NO3/c1-10-7-8-16(9-11(10)2)14(17)12-3-5-13(6-4-12)15(18)19/h3-6,10-11H,7-9H2,1-2H3,(H,18,19). The molecule has 0 radical (unpaired) electrons. The lowest BCUT2D eigenvalue weighted by molar-refractivity contribution is 0.0625. The van der Waals surface area contributed by atoms with Gasteiger partial charge in [-0.2, -0.15) is 0 Å². The lowest BCUT2D eigenvalue weighted by Gasteiger charge is -2.35. The summed E-state index contributed by atoms with van der Waals surface area (Å²) in [5.74, 6) is 0.185. The Morgan fingerprint density at radius 1 is 1.11 bits per heavy atom. The third kappa shape index (κ3) is 2.95. The van der Waals surface area contributed by atoms with Crippen LogP contribution in [0, 0.1) is 11.8 Å². The molecule has 0 aliphatic carbocycles. The zero-order valence-corrected chi connectivity index (χ0v) is 11.3. The van der Waals surface area contributed by atoms with Crippen LogP contribution >= 0.6 is 0 Å². The minimum absolute atomic E-state index is 0.00399. The van der Waals surface area contributed by atoms with E-state index in [4.69, 9.17) is 5.11 Å². The fourth-order valence-corrected chi connectivity index (χ4v) is 2.39. The summed E-state index contributed by atoms with van der Waals surface area (Å²) in [5, 5.41) is 8.83. The minimum atomic E-state index is -0.973. The van der Waals surface area contributed by atoms with E-state index in [0.717, 1.165) is 19.5 Å². The van der Waals surface area contributed by atoms with Crippen LogP contribution in [0.1, 0.15) is 41.0 Å². The van der Waals surface area contributed by atoms with Gasteiger partial charge in [0, 0.05) is 18.7 Å². The second kappa shape index (κ2) is 5.43. The van der Waals surface area contributed by atoms with Crippen LogP contribution in [0.15, 0.2) is 24.3 Å². The molecule has 1 aromatic rings. The van der Waals surface area contributed by atoms with E-state index >= 15 is 0 Å². The topological polar surface area (TPSA) is 57.6 Å².